The van der Waals surface area contributed by atoms with Crippen LogP contribution >= 0.6 is 0 Å². The Morgan fingerprint density at radius 2 is 1.19 bits per heavy atom. The monoisotopic (exact) mass is 771 g/mol. The number of amides is 5. The number of phenols is 1. The number of azo groups is 1. The fraction of sp³-hybridized carbons (Fsp3) is 0.122. The van der Waals surface area contributed by atoms with E-state index in [0.29, 0.717) is 11.4 Å². The maximum Gasteiger partial charge on any atom is 0.335 e. The number of rotatable bonds is 15. The van der Waals surface area contributed by atoms with E-state index in [-0.39, 0.29) is 45.1 Å². The molecular formula is C41H37N7O9. The molecule has 5 rings (SSSR count). The lowest BCUT2D eigenvalue weighted by atomic mass is 10.1. The fourth-order valence-electron chi connectivity index (χ4n) is 5.17. The van der Waals surface area contributed by atoms with Crippen LogP contribution < -0.4 is 31.7 Å². The van der Waals surface area contributed by atoms with Gasteiger partial charge in [0.2, 0.25) is 11.8 Å². The van der Waals surface area contributed by atoms with E-state index in [4.69, 9.17) is 15.6 Å². The van der Waals surface area contributed by atoms with E-state index in [1.165, 1.54) is 72.8 Å². The summed E-state index contributed by atoms with van der Waals surface area (Å²) in [7, 11) is 0. The molecule has 5 aromatic rings. The third kappa shape index (κ3) is 11.1. The molecule has 290 valence electrons. The van der Waals surface area contributed by atoms with Crippen LogP contribution in [0.2, 0.25) is 0 Å². The number of carbonyl (C=O) groups is 6. The Morgan fingerprint density at radius 3 is 1.77 bits per heavy atom. The minimum Gasteiger partial charge on any atom is -0.504 e. The Hall–Kier alpha value is -7.88. The van der Waals surface area contributed by atoms with Crippen LogP contribution in [0.4, 0.5) is 28.4 Å². The lowest BCUT2D eigenvalue weighted by Gasteiger charge is -2.19. The number of phenolic OH excluding ortho intramolecular Hbond substituents is 1. The minimum atomic E-state index is -1.33. The molecule has 0 heterocycles. The van der Waals surface area contributed by atoms with E-state index < -0.39 is 59.8 Å². The van der Waals surface area contributed by atoms with Crippen LogP contribution in [0.5, 0.6) is 11.5 Å². The van der Waals surface area contributed by atoms with Crippen LogP contribution in [0.15, 0.2) is 125 Å². The van der Waals surface area contributed by atoms with Crippen molar-refractivity contribution >= 4 is 63.9 Å². The number of carboxylic acids is 1. The molecule has 16 nitrogen and oxygen atoms in total. The van der Waals surface area contributed by atoms with Crippen LogP contribution in [-0.4, -0.2) is 57.9 Å². The van der Waals surface area contributed by atoms with Crippen LogP contribution in [0.3, 0.4) is 0 Å². The molecule has 0 saturated heterocycles. The molecule has 5 aromatic carbocycles. The number of hydrogen-bond acceptors (Lipinski definition) is 10. The lowest BCUT2D eigenvalue weighted by molar-refractivity contribution is -0.123. The molecule has 8 N–H and O–H groups in total. The third-order valence-corrected chi connectivity index (χ3v) is 7.98. The number of carboxylic acid groups (broad SMARTS) is 1. The molecule has 1 unspecified atom stereocenters. The second-order valence-corrected chi connectivity index (χ2v) is 12.6. The molecule has 0 aliphatic heterocycles. The van der Waals surface area contributed by atoms with Crippen LogP contribution in [0.1, 0.15) is 61.7 Å². The summed E-state index contributed by atoms with van der Waals surface area (Å²) in [6.45, 7) is 3.38. The van der Waals surface area contributed by atoms with Crippen molar-refractivity contribution in [1.29, 1.82) is 0 Å². The highest BCUT2D eigenvalue weighted by molar-refractivity contribution is 6.10. The predicted molar refractivity (Wildman–Crippen MR) is 210 cm³/mol. The van der Waals surface area contributed by atoms with Crippen LogP contribution in [-0.2, 0) is 9.59 Å². The highest BCUT2D eigenvalue weighted by Crippen LogP contribution is 2.39. The van der Waals surface area contributed by atoms with E-state index in [1.54, 1.807) is 38.1 Å². The first kappa shape index (κ1) is 40.3. The maximum absolute atomic E-state index is 13.3. The van der Waals surface area contributed by atoms with E-state index in [2.05, 4.69) is 31.5 Å². The molecule has 0 radical (unpaired) electrons. The summed E-state index contributed by atoms with van der Waals surface area (Å²) in [5, 5.41) is 38.8. The second kappa shape index (κ2) is 18.4. The predicted octanol–water partition coefficient (Wildman–Crippen LogP) is 6.41. The highest BCUT2D eigenvalue weighted by Gasteiger charge is 2.25. The standard InChI is InChI=1S/C41H37N7O9/c1-23(2)57-36-32(21-20-31(35(36)50)39(53)43-27-16-12-26(13-17-27)41(55)56)45-37(51)24-8-14-28(15-9-24)44-40(54)33(22-34(42)49)46-38(52)25-10-18-30(19-11-25)48-47-29-6-4-3-5-7-29/h3-21,23,33,50H,22H2,1-2H3,(H2,42,49)(H,43,53)(H,44,54)(H,45,51)(H,46,52)(H,55,56). The number of carbonyl (C=O) groups excluding carboxylic acids is 5. The van der Waals surface area contributed by atoms with Crippen molar-refractivity contribution in [3.63, 3.8) is 0 Å². The summed E-state index contributed by atoms with van der Waals surface area (Å²) in [4.78, 5) is 75.4. The Kier molecular flexibility index (Phi) is 13.0. The number of hydrogen-bond donors (Lipinski definition) is 7. The number of ether oxygens (including phenoxy) is 1. The van der Waals surface area contributed by atoms with E-state index in [9.17, 15) is 33.9 Å². The van der Waals surface area contributed by atoms with Crippen molar-refractivity contribution < 1.29 is 43.7 Å². The van der Waals surface area contributed by atoms with Gasteiger partial charge in [0.15, 0.2) is 11.5 Å². The van der Waals surface area contributed by atoms with Gasteiger partial charge in [-0.1, -0.05) is 18.2 Å². The van der Waals surface area contributed by atoms with Gasteiger partial charge < -0.3 is 42.0 Å². The van der Waals surface area contributed by atoms with Gasteiger partial charge in [-0.2, -0.15) is 10.2 Å². The normalized spacial score (nSPS) is 11.4. The zero-order chi connectivity index (χ0) is 41.1. The summed E-state index contributed by atoms with van der Waals surface area (Å²) in [5.41, 5.74) is 7.30. The Morgan fingerprint density at radius 1 is 0.649 bits per heavy atom. The third-order valence-electron chi connectivity index (χ3n) is 7.98. The number of primary amides is 1. The number of benzene rings is 5. The maximum atomic E-state index is 13.3. The van der Waals surface area contributed by atoms with Crippen molar-refractivity contribution in [3.05, 3.63) is 138 Å². The summed E-state index contributed by atoms with van der Waals surface area (Å²) >= 11 is 0. The van der Waals surface area contributed by atoms with Gasteiger partial charge >= 0.3 is 5.97 Å². The SMILES string of the molecule is CC(C)Oc1c(NC(=O)c2ccc(NC(=O)C(CC(N)=O)NC(=O)c3ccc(N=Nc4ccccc4)cc3)cc2)ccc(C(=O)Nc2ccc(C(=O)O)cc2)c1O. The molecule has 0 aliphatic rings. The molecule has 0 aliphatic carbocycles. The molecule has 0 spiro atoms. The average molecular weight is 772 g/mol. The number of aromatic carboxylic acids is 1. The van der Waals surface area contributed by atoms with Crippen molar-refractivity contribution in [2.75, 3.05) is 16.0 Å². The average Bonchev–Trinajstić information content (AvgIpc) is 3.19. The quantitative estimate of drug-likeness (QED) is 0.0580. The first-order valence-corrected chi connectivity index (χ1v) is 17.3. The molecule has 0 saturated carbocycles. The van der Waals surface area contributed by atoms with E-state index in [1.807, 2.05) is 18.2 Å². The number of aromatic hydroxyl groups is 1. The molecule has 16 heteroatoms. The van der Waals surface area contributed by atoms with Gasteiger partial charge in [0, 0.05) is 22.5 Å². The van der Waals surface area contributed by atoms with Gasteiger partial charge in [-0.3, -0.25) is 24.0 Å². The number of nitrogens with two attached hydrogens (primary N) is 1. The smallest absolute Gasteiger partial charge is 0.335 e. The van der Waals surface area contributed by atoms with Crippen molar-refractivity contribution in [1.82, 2.24) is 5.32 Å². The first-order valence-electron chi connectivity index (χ1n) is 17.3. The van der Waals surface area contributed by atoms with Gasteiger partial charge in [0.1, 0.15) is 6.04 Å². The molecule has 0 fully saturated rings. The molecule has 1 atom stereocenters. The molecule has 0 bridgehead atoms. The fourth-order valence-corrected chi connectivity index (χ4v) is 5.17. The Labute approximate surface area is 325 Å². The first-order chi connectivity index (χ1) is 27.3. The Balaban J connectivity index is 1.22. The number of anilines is 3. The van der Waals surface area contributed by atoms with Crippen molar-refractivity contribution in [2.24, 2.45) is 16.0 Å². The van der Waals surface area contributed by atoms with Crippen molar-refractivity contribution in [2.45, 2.75) is 32.4 Å². The zero-order valence-electron chi connectivity index (χ0n) is 30.6. The van der Waals surface area contributed by atoms with Crippen LogP contribution in [0, 0.1) is 0 Å². The number of nitrogens with zero attached hydrogens (tertiary/aromatic N) is 2. The largest absolute Gasteiger partial charge is 0.504 e. The molecule has 57 heavy (non-hydrogen) atoms. The van der Waals surface area contributed by atoms with E-state index >= 15 is 0 Å². The highest BCUT2D eigenvalue weighted by atomic mass is 16.5. The molecular weight excluding hydrogens is 734 g/mol. The van der Waals surface area contributed by atoms with Crippen molar-refractivity contribution in [3.8, 4) is 11.5 Å². The van der Waals surface area contributed by atoms with Gasteiger partial charge in [0.25, 0.3) is 17.7 Å². The summed E-state index contributed by atoms with van der Waals surface area (Å²) in [6.07, 6.45) is -0.961. The van der Waals surface area contributed by atoms with E-state index in [0.717, 1.165) is 0 Å². The van der Waals surface area contributed by atoms with Gasteiger partial charge in [-0.15, -0.1) is 0 Å². The topological polar surface area (TPSA) is 251 Å². The summed E-state index contributed by atoms with van der Waals surface area (Å²) in [6, 6.07) is 27.7. The Bertz CT molecular complexity index is 2310. The number of nitrogens with one attached hydrogen (secondary N) is 4. The minimum absolute atomic E-state index is 0.0285. The lowest BCUT2D eigenvalue weighted by Crippen LogP contribution is -2.46. The second-order valence-electron chi connectivity index (χ2n) is 12.6. The van der Waals surface area contributed by atoms with Gasteiger partial charge in [0.05, 0.1) is 40.7 Å². The van der Waals surface area contributed by atoms with Gasteiger partial charge in [-0.05, 0) is 111 Å². The van der Waals surface area contributed by atoms with Gasteiger partial charge in [-0.25, -0.2) is 4.79 Å². The summed E-state index contributed by atoms with van der Waals surface area (Å²) < 4.78 is 5.77. The molecule has 5 amide bonds. The summed E-state index contributed by atoms with van der Waals surface area (Å²) in [5.74, 6) is -5.37. The van der Waals surface area contributed by atoms with Crippen LogP contribution in [0.25, 0.3) is 0 Å². The molecule has 0 aromatic heterocycles. The zero-order valence-corrected chi connectivity index (χ0v) is 30.6.